The molecule has 0 aliphatic heterocycles. The van der Waals surface area contributed by atoms with E-state index in [1.54, 1.807) is 7.11 Å². The van der Waals surface area contributed by atoms with Crippen LogP contribution in [-0.4, -0.2) is 22.3 Å². The predicted molar refractivity (Wildman–Crippen MR) is 64.5 cm³/mol. The van der Waals surface area contributed by atoms with Gasteiger partial charge in [0.05, 0.1) is 18.9 Å². The highest BCUT2D eigenvalue weighted by Gasteiger charge is 2.09. The van der Waals surface area contributed by atoms with Crippen LogP contribution in [0.2, 0.25) is 5.15 Å². The van der Waals surface area contributed by atoms with Gasteiger partial charge >= 0.3 is 0 Å². The van der Waals surface area contributed by atoms with Crippen molar-refractivity contribution in [2.24, 2.45) is 0 Å². The minimum atomic E-state index is 0.264. The van der Waals surface area contributed by atoms with Crippen LogP contribution in [0.5, 0.6) is 5.75 Å². The standard InChI is InChI=1S/C10H7BrClN3O/c1-16-8-4-6(11)2-3-7(8)10-13-5-9(12)14-15-10/h2-5H,1H3. The van der Waals surface area contributed by atoms with Gasteiger partial charge in [-0.1, -0.05) is 27.5 Å². The van der Waals surface area contributed by atoms with Crippen LogP contribution in [0, 0.1) is 0 Å². The molecule has 0 saturated carbocycles. The van der Waals surface area contributed by atoms with E-state index in [9.17, 15) is 0 Å². The zero-order valence-corrected chi connectivity index (χ0v) is 10.7. The SMILES string of the molecule is COc1cc(Br)ccc1-c1ncc(Cl)nn1. The summed E-state index contributed by atoms with van der Waals surface area (Å²) in [5.41, 5.74) is 0.773. The van der Waals surface area contributed by atoms with Crippen LogP contribution in [-0.2, 0) is 0 Å². The third kappa shape index (κ3) is 2.31. The molecular formula is C10H7BrClN3O. The van der Waals surface area contributed by atoms with Gasteiger partial charge in [-0.3, -0.25) is 0 Å². The summed E-state index contributed by atoms with van der Waals surface area (Å²) in [5.74, 6) is 1.16. The molecule has 1 heterocycles. The number of ether oxygens (including phenoxy) is 1. The van der Waals surface area contributed by atoms with Crippen LogP contribution >= 0.6 is 27.5 Å². The number of hydrogen-bond donors (Lipinski definition) is 0. The highest BCUT2D eigenvalue weighted by Crippen LogP contribution is 2.29. The van der Waals surface area contributed by atoms with Gasteiger partial charge in [0.2, 0.25) is 0 Å². The molecule has 2 rings (SSSR count). The third-order valence-electron chi connectivity index (χ3n) is 1.94. The highest BCUT2D eigenvalue weighted by atomic mass is 79.9. The molecule has 0 atom stereocenters. The van der Waals surface area contributed by atoms with Crippen molar-refractivity contribution in [1.82, 2.24) is 15.2 Å². The van der Waals surface area contributed by atoms with Crippen molar-refractivity contribution in [1.29, 1.82) is 0 Å². The molecule has 16 heavy (non-hydrogen) atoms. The first kappa shape index (κ1) is 11.3. The van der Waals surface area contributed by atoms with E-state index in [2.05, 4.69) is 31.1 Å². The zero-order chi connectivity index (χ0) is 11.5. The van der Waals surface area contributed by atoms with Gasteiger partial charge in [-0.15, -0.1) is 10.2 Å². The lowest BCUT2D eigenvalue weighted by Crippen LogP contribution is -1.95. The number of benzene rings is 1. The van der Waals surface area contributed by atoms with Crippen LogP contribution < -0.4 is 4.74 Å². The van der Waals surface area contributed by atoms with E-state index < -0.39 is 0 Å². The summed E-state index contributed by atoms with van der Waals surface area (Å²) in [4.78, 5) is 4.09. The average molecular weight is 301 g/mol. The van der Waals surface area contributed by atoms with Crippen molar-refractivity contribution in [3.63, 3.8) is 0 Å². The second-order valence-electron chi connectivity index (χ2n) is 2.95. The van der Waals surface area contributed by atoms with Crippen LogP contribution in [0.25, 0.3) is 11.4 Å². The fraction of sp³-hybridized carbons (Fsp3) is 0.100. The summed E-state index contributed by atoms with van der Waals surface area (Å²) in [6.45, 7) is 0. The smallest absolute Gasteiger partial charge is 0.185 e. The Morgan fingerprint density at radius 3 is 2.75 bits per heavy atom. The molecule has 0 fully saturated rings. The van der Waals surface area contributed by atoms with E-state index in [4.69, 9.17) is 16.3 Å². The first-order valence-corrected chi connectivity index (χ1v) is 5.57. The Labute approximate surface area is 106 Å². The van der Waals surface area contributed by atoms with Gasteiger partial charge in [0.1, 0.15) is 5.75 Å². The number of aromatic nitrogens is 3. The maximum absolute atomic E-state index is 5.62. The molecule has 0 spiro atoms. The van der Waals surface area contributed by atoms with Crippen LogP contribution in [0.3, 0.4) is 0 Å². The topological polar surface area (TPSA) is 47.9 Å². The van der Waals surface area contributed by atoms with E-state index in [-0.39, 0.29) is 5.15 Å². The molecule has 0 saturated heterocycles. The molecule has 0 aliphatic carbocycles. The summed E-state index contributed by atoms with van der Waals surface area (Å²) in [6.07, 6.45) is 1.45. The molecule has 1 aromatic heterocycles. The number of methoxy groups -OCH3 is 1. The van der Waals surface area contributed by atoms with Crippen molar-refractivity contribution in [2.45, 2.75) is 0 Å². The Hall–Kier alpha value is -1.20. The van der Waals surface area contributed by atoms with Crippen LogP contribution in [0.1, 0.15) is 0 Å². The zero-order valence-electron chi connectivity index (χ0n) is 8.32. The number of nitrogens with zero attached hydrogens (tertiary/aromatic N) is 3. The molecule has 0 bridgehead atoms. The Morgan fingerprint density at radius 2 is 2.12 bits per heavy atom. The molecule has 0 aliphatic rings. The largest absolute Gasteiger partial charge is 0.496 e. The third-order valence-corrected chi connectivity index (χ3v) is 2.60. The summed E-state index contributed by atoms with van der Waals surface area (Å²) in [6, 6.07) is 5.58. The maximum atomic E-state index is 5.62. The molecule has 2 aromatic rings. The second kappa shape index (κ2) is 4.76. The lowest BCUT2D eigenvalue weighted by Gasteiger charge is -2.06. The van der Waals surface area contributed by atoms with E-state index in [1.165, 1.54) is 6.20 Å². The molecule has 1 aromatic carbocycles. The fourth-order valence-corrected chi connectivity index (χ4v) is 1.66. The summed E-state index contributed by atoms with van der Waals surface area (Å²) in [5, 5.41) is 7.90. The quantitative estimate of drug-likeness (QED) is 0.855. The van der Waals surface area contributed by atoms with Gasteiger partial charge in [0.25, 0.3) is 0 Å². The Morgan fingerprint density at radius 1 is 1.31 bits per heavy atom. The normalized spacial score (nSPS) is 10.2. The van der Waals surface area contributed by atoms with E-state index in [0.717, 1.165) is 10.0 Å². The van der Waals surface area contributed by atoms with Gasteiger partial charge in [-0.25, -0.2) is 4.98 Å². The van der Waals surface area contributed by atoms with Crippen molar-refractivity contribution >= 4 is 27.5 Å². The van der Waals surface area contributed by atoms with Crippen molar-refractivity contribution < 1.29 is 4.74 Å². The number of halogens is 2. The van der Waals surface area contributed by atoms with Gasteiger partial charge in [-0.05, 0) is 18.2 Å². The average Bonchev–Trinajstić information content (AvgIpc) is 2.30. The first-order valence-electron chi connectivity index (χ1n) is 4.40. The van der Waals surface area contributed by atoms with Crippen LogP contribution in [0.15, 0.2) is 28.9 Å². The van der Waals surface area contributed by atoms with Crippen molar-refractivity contribution in [3.8, 4) is 17.1 Å². The van der Waals surface area contributed by atoms with Gasteiger partial charge in [0, 0.05) is 4.47 Å². The lowest BCUT2D eigenvalue weighted by atomic mass is 10.2. The van der Waals surface area contributed by atoms with Gasteiger partial charge < -0.3 is 4.74 Å². The maximum Gasteiger partial charge on any atom is 0.185 e. The minimum absolute atomic E-state index is 0.264. The first-order chi connectivity index (χ1) is 7.70. The molecule has 4 nitrogen and oxygen atoms in total. The molecule has 6 heteroatoms. The predicted octanol–water partition coefficient (Wildman–Crippen LogP) is 2.96. The van der Waals surface area contributed by atoms with E-state index >= 15 is 0 Å². The minimum Gasteiger partial charge on any atom is -0.496 e. The molecular weight excluding hydrogens is 293 g/mol. The molecule has 0 radical (unpaired) electrons. The summed E-state index contributed by atoms with van der Waals surface area (Å²) >= 11 is 8.99. The van der Waals surface area contributed by atoms with Crippen molar-refractivity contribution in [2.75, 3.05) is 7.11 Å². The van der Waals surface area contributed by atoms with Gasteiger partial charge in [-0.2, -0.15) is 0 Å². The number of hydrogen-bond acceptors (Lipinski definition) is 4. The van der Waals surface area contributed by atoms with E-state index in [0.29, 0.717) is 11.6 Å². The Bertz CT molecular complexity index is 504. The second-order valence-corrected chi connectivity index (χ2v) is 4.25. The van der Waals surface area contributed by atoms with E-state index in [1.807, 2.05) is 18.2 Å². The molecule has 0 N–H and O–H groups in total. The number of rotatable bonds is 2. The monoisotopic (exact) mass is 299 g/mol. The summed E-state index contributed by atoms with van der Waals surface area (Å²) in [7, 11) is 1.59. The molecule has 0 amide bonds. The molecule has 82 valence electrons. The Kier molecular flexibility index (Phi) is 3.36. The highest BCUT2D eigenvalue weighted by molar-refractivity contribution is 9.10. The summed E-state index contributed by atoms with van der Waals surface area (Å²) < 4.78 is 6.17. The fourth-order valence-electron chi connectivity index (χ4n) is 1.23. The lowest BCUT2D eigenvalue weighted by molar-refractivity contribution is 0.416. The van der Waals surface area contributed by atoms with Crippen LogP contribution in [0.4, 0.5) is 0 Å². The van der Waals surface area contributed by atoms with Gasteiger partial charge in [0.15, 0.2) is 11.0 Å². The molecule has 0 unspecified atom stereocenters. The van der Waals surface area contributed by atoms with Crippen molar-refractivity contribution in [3.05, 3.63) is 34.0 Å². The Balaban J connectivity index is 2.51.